The van der Waals surface area contributed by atoms with Gasteiger partial charge >= 0.3 is 93.8 Å². The summed E-state index contributed by atoms with van der Waals surface area (Å²) in [7, 11) is -47.8. The molecule has 0 aromatic rings. The molecular formula is C12H8F18O18S6. The van der Waals surface area contributed by atoms with Crippen LogP contribution in [-0.4, -0.2) is 121 Å². The van der Waals surface area contributed by atoms with Crippen LogP contribution in [0.1, 0.15) is 0 Å². The largest absolute Gasteiger partial charge is 0.523 e. The second-order valence-electron chi connectivity index (χ2n) is 8.36. The van der Waals surface area contributed by atoms with Crippen molar-refractivity contribution in [3.05, 3.63) is 0 Å². The lowest BCUT2D eigenvalue weighted by Crippen LogP contribution is -2.57. The van der Waals surface area contributed by atoms with Crippen molar-refractivity contribution in [3.63, 3.8) is 0 Å². The summed E-state index contributed by atoms with van der Waals surface area (Å²) in [6.45, 7) is -7.33. The van der Waals surface area contributed by atoms with Gasteiger partial charge in [-0.2, -0.15) is 130 Å². The van der Waals surface area contributed by atoms with Gasteiger partial charge in [-0.1, -0.05) is 0 Å². The molecule has 0 unspecified atom stereocenters. The summed E-state index contributed by atoms with van der Waals surface area (Å²) in [5.41, 5.74) is -43.0. The van der Waals surface area contributed by atoms with Gasteiger partial charge in [0.1, 0.15) is 24.4 Å². The monoisotopic (exact) mass is 974 g/mol. The highest BCUT2D eigenvalue weighted by molar-refractivity contribution is 7.89. The molecule has 0 fully saturated rings. The first-order chi connectivity index (χ1) is 23.1. The van der Waals surface area contributed by atoms with E-state index in [1.807, 2.05) is 0 Å². The van der Waals surface area contributed by atoms with Crippen LogP contribution in [0.5, 0.6) is 0 Å². The quantitative estimate of drug-likeness (QED) is 0.114. The fourth-order valence-electron chi connectivity index (χ4n) is 2.29. The Morgan fingerprint density at radius 1 is 0.296 bits per heavy atom. The van der Waals surface area contributed by atoms with Gasteiger partial charge in [-0.15, -0.1) is 0 Å². The molecule has 0 amide bonds. The zero-order valence-electron chi connectivity index (χ0n) is 23.3. The molecule has 0 spiro atoms. The average molecular weight is 975 g/mol. The normalized spacial score (nSPS) is 17.9. The van der Waals surface area contributed by atoms with Crippen molar-refractivity contribution >= 4 is 60.7 Å². The molecule has 0 aromatic heterocycles. The molecule has 0 radical (unpaired) electrons. The highest BCUT2D eigenvalue weighted by atomic mass is 32.2. The topological polar surface area (TPSA) is 260 Å². The second kappa shape index (κ2) is 15.9. The molecule has 0 heterocycles. The average Bonchev–Trinajstić information content (AvgIpc) is 2.87. The van der Waals surface area contributed by atoms with E-state index in [1.54, 1.807) is 0 Å². The summed E-state index contributed by atoms with van der Waals surface area (Å²) in [6, 6.07) is 0. The third-order valence-corrected chi connectivity index (χ3v) is 10.8. The summed E-state index contributed by atoms with van der Waals surface area (Å²) in [6.07, 6.45) is -21.0. The Kier molecular flexibility index (Phi) is 15.3. The fraction of sp³-hybridized carbons (Fsp3) is 1.00. The maximum Gasteiger partial charge on any atom is 0.523 e. The molecule has 54 heavy (non-hydrogen) atoms. The first kappa shape index (κ1) is 52.2. The van der Waals surface area contributed by atoms with Crippen LogP contribution < -0.4 is 0 Å². The smallest absolute Gasteiger partial charge is 0.260 e. The summed E-state index contributed by atoms with van der Waals surface area (Å²) in [4.78, 5) is 0. The first-order valence-corrected chi connectivity index (χ1v) is 19.4. The van der Waals surface area contributed by atoms with E-state index in [9.17, 15) is 130 Å². The minimum Gasteiger partial charge on any atom is -0.260 e. The molecule has 0 saturated carbocycles. The molecule has 0 aromatic carbocycles. The van der Waals surface area contributed by atoms with Gasteiger partial charge in [-0.3, -0.25) is 25.1 Å². The summed E-state index contributed by atoms with van der Waals surface area (Å²) < 4.78 is 389. The third kappa shape index (κ3) is 13.1. The van der Waals surface area contributed by atoms with Crippen LogP contribution in [0.2, 0.25) is 0 Å². The van der Waals surface area contributed by atoms with E-state index in [0.717, 1.165) is 0 Å². The third-order valence-electron chi connectivity index (χ3n) is 4.51. The molecule has 0 N–H and O–H groups in total. The molecule has 326 valence electrons. The molecule has 4 atom stereocenters. The van der Waals surface area contributed by atoms with E-state index in [4.69, 9.17) is 0 Å². The minimum atomic E-state index is -8.23. The number of alkyl halides is 18. The molecule has 0 bridgehead atoms. The lowest BCUT2D eigenvalue weighted by atomic mass is 10.0. The second-order valence-corrected chi connectivity index (χ2v) is 17.8. The van der Waals surface area contributed by atoms with Gasteiger partial charge in [0.2, 0.25) is 0 Å². The van der Waals surface area contributed by atoms with Crippen molar-refractivity contribution in [1.29, 1.82) is 0 Å². The van der Waals surface area contributed by atoms with Crippen LogP contribution >= 0.6 is 0 Å². The maximum absolute atomic E-state index is 13.2. The van der Waals surface area contributed by atoms with E-state index in [1.165, 1.54) is 0 Å². The summed E-state index contributed by atoms with van der Waals surface area (Å²) in [5.74, 6) is 0. The van der Waals surface area contributed by atoms with Crippen LogP contribution in [0.15, 0.2) is 0 Å². The van der Waals surface area contributed by atoms with Crippen LogP contribution in [-0.2, 0) is 85.8 Å². The molecular weight excluding hydrogens is 966 g/mol. The molecule has 0 aliphatic heterocycles. The zero-order chi connectivity index (χ0) is 44.0. The minimum absolute atomic E-state index is 2.83. The Morgan fingerprint density at radius 3 is 0.630 bits per heavy atom. The van der Waals surface area contributed by atoms with E-state index >= 15 is 0 Å². The summed E-state index contributed by atoms with van der Waals surface area (Å²) in [5, 5.41) is 0. The van der Waals surface area contributed by atoms with E-state index in [0.29, 0.717) is 0 Å². The Morgan fingerprint density at radius 2 is 0.463 bits per heavy atom. The van der Waals surface area contributed by atoms with Crippen molar-refractivity contribution in [2.45, 2.75) is 57.5 Å². The molecule has 0 saturated heterocycles. The molecule has 42 heteroatoms. The van der Waals surface area contributed by atoms with E-state index < -0.39 is 131 Å². The van der Waals surface area contributed by atoms with Crippen molar-refractivity contribution in [1.82, 2.24) is 0 Å². The fourth-order valence-corrected chi connectivity index (χ4v) is 5.66. The van der Waals surface area contributed by atoms with Gasteiger partial charge < -0.3 is 0 Å². The predicted octanol–water partition coefficient (Wildman–Crippen LogP) is 1.66. The van der Waals surface area contributed by atoms with Crippen LogP contribution in [0.4, 0.5) is 79.0 Å². The van der Waals surface area contributed by atoms with Crippen molar-refractivity contribution < 1.29 is 155 Å². The van der Waals surface area contributed by atoms with Gasteiger partial charge in [-0.05, 0) is 0 Å². The van der Waals surface area contributed by atoms with Gasteiger partial charge in [0.05, 0.1) is 13.2 Å². The van der Waals surface area contributed by atoms with Crippen molar-refractivity contribution in [3.8, 4) is 0 Å². The molecule has 0 aliphatic carbocycles. The predicted molar refractivity (Wildman–Crippen MR) is 121 cm³/mol. The van der Waals surface area contributed by atoms with Gasteiger partial charge in [0, 0.05) is 0 Å². The van der Waals surface area contributed by atoms with Crippen molar-refractivity contribution in [2.24, 2.45) is 0 Å². The standard InChI is InChI=1S/C12H8F18O18S6/c13-7(14,15)49(31,32)43-1-3(45-51(35,36)9(19,20)21)5(47-53(39,40)11(25,26)27)6(48-54(41,42)12(28,29)30)4(46-52(37,38)10(22,23)24)2-44-50(33,34)8(16,17)18/h3-6H,1-2H2/t3-,4-,5-,6-/m1/s1. The lowest BCUT2D eigenvalue weighted by Gasteiger charge is -2.35. The Labute approximate surface area is 285 Å². The SMILES string of the molecule is O=S(=O)(OC[C@@H](OS(=O)(=O)C(F)(F)F)[C@@H](OS(=O)(=O)C(F)(F)F)[C@H](OS(=O)(=O)C(F)(F)F)[C@@H](COS(=O)(=O)C(F)(F)F)OS(=O)(=O)C(F)(F)F)C(F)(F)F. The number of hydrogen-bond acceptors (Lipinski definition) is 18. The van der Waals surface area contributed by atoms with Crippen LogP contribution in [0.25, 0.3) is 0 Å². The molecule has 18 nitrogen and oxygen atoms in total. The number of halogens is 18. The Bertz CT molecular complexity index is 1840. The van der Waals surface area contributed by atoms with Gasteiger partial charge in [0.15, 0.2) is 0 Å². The number of hydrogen-bond donors (Lipinski definition) is 0. The Hall–Kier alpha value is -1.80. The van der Waals surface area contributed by atoms with Gasteiger partial charge in [-0.25, -0.2) is 0 Å². The van der Waals surface area contributed by atoms with E-state index in [2.05, 4.69) is 25.1 Å². The van der Waals surface area contributed by atoms with Crippen LogP contribution in [0.3, 0.4) is 0 Å². The zero-order valence-corrected chi connectivity index (χ0v) is 28.2. The first-order valence-electron chi connectivity index (χ1n) is 11.0. The lowest BCUT2D eigenvalue weighted by molar-refractivity contribution is -0.119. The molecule has 0 aliphatic rings. The molecule has 0 rings (SSSR count). The van der Waals surface area contributed by atoms with Crippen molar-refractivity contribution in [2.75, 3.05) is 13.2 Å². The number of rotatable bonds is 17. The van der Waals surface area contributed by atoms with Crippen LogP contribution in [0, 0.1) is 0 Å². The summed E-state index contributed by atoms with van der Waals surface area (Å²) >= 11 is 0. The van der Waals surface area contributed by atoms with E-state index in [-0.39, 0.29) is 0 Å². The highest BCUT2D eigenvalue weighted by Crippen LogP contribution is 2.38. The maximum atomic E-state index is 13.2. The van der Waals surface area contributed by atoms with Gasteiger partial charge in [0.25, 0.3) is 0 Å². The Balaban J connectivity index is 8.70. The highest BCUT2D eigenvalue weighted by Gasteiger charge is 2.61.